The van der Waals surface area contributed by atoms with Gasteiger partial charge in [-0.1, -0.05) is 43.7 Å². The summed E-state index contributed by atoms with van der Waals surface area (Å²) in [6.45, 7) is 2.25. The molecule has 1 aromatic carbocycles. The third-order valence-electron chi connectivity index (χ3n) is 6.69. The van der Waals surface area contributed by atoms with Gasteiger partial charge in [-0.05, 0) is 92.6 Å². The van der Waals surface area contributed by atoms with Crippen LogP contribution in [0, 0.1) is 29.1 Å². The van der Waals surface area contributed by atoms with Crippen molar-refractivity contribution in [2.45, 2.75) is 77.0 Å². The Kier molecular flexibility index (Phi) is 6.74. The summed E-state index contributed by atoms with van der Waals surface area (Å²) in [5, 5.41) is 8.68. The van der Waals surface area contributed by atoms with E-state index in [0.29, 0.717) is 5.92 Å². The first kappa shape index (κ1) is 18.2. The van der Waals surface area contributed by atoms with E-state index in [0.717, 1.165) is 17.8 Å². The lowest BCUT2D eigenvalue weighted by Gasteiger charge is -2.37. The van der Waals surface area contributed by atoms with Gasteiger partial charge < -0.3 is 0 Å². The van der Waals surface area contributed by atoms with Crippen molar-refractivity contribution in [1.29, 1.82) is 5.26 Å². The van der Waals surface area contributed by atoms with Gasteiger partial charge in [-0.25, -0.2) is 0 Å². The molecule has 0 radical (unpaired) electrons. The Bertz CT molecular complexity index is 576. The lowest BCUT2D eigenvalue weighted by molar-refractivity contribution is 0.171. The molecular formula is C24H33N. The van der Waals surface area contributed by atoms with Crippen molar-refractivity contribution in [1.82, 2.24) is 0 Å². The second-order valence-corrected chi connectivity index (χ2v) is 8.27. The molecule has 0 saturated heterocycles. The van der Waals surface area contributed by atoms with E-state index in [4.69, 9.17) is 5.26 Å². The zero-order valence-electron chi connectivity index (χ0n) is 15.8. The maximum absolute atomic E-state index is 8.68. The smallest absolute Gasteiger partial charge is 0.0908 e. The molecule has 2 saturated carbocycles. The van der Waals surface area contributed by atoms with Crippen molar-refractivity contribution in [2.24, 2.45) is 17.8 Å². The van der Waals surface area contributed by atoms with Crippen LogP contribution in [0.5, 0.6) is 0 Å². The summed E-state index contributed by atoms with van der Waals surface area (Å²) in [4.78, 5) is 0. The number of benzene rings is 1. The topological polar surface area (TPSA) is 23.8 Å². The van der Waals surface area contributed by atoms with Crippen molar-refractivity contribution in [2.75, 3.05) is 0 Å². The molecule has 3 rings (SSSR count). The highest BCUT2D eigenvalue weighted by Gasteiger charge is 2.30. The number of aryl methyl sites for hydroxylation is 1. The molecule has 0 atom stereocenters. The number of nitrogens with zero attached hydrogens (tertiary/aromatic N) is 1. The second-order valence-electron chi connectivity index (χ2n) is 8.27. The van der Waals surface area contributed by atoms with Crippen LogP contribution in [0.1, 0.15) is 81.8 Å². The Balaban J connectivity index is 1.46. The van der Waals surface area contributed by atoms with E-state index in [1.165, 1.54) is 69.8 Å². The van der Waals surface area contributed by atoms with E-state index in [1.807, 2.05) is 0 Å². The van der Waals surface area contributed by atoms with Crippen LogP contribution in [-0.2, 0) is 6.42 Å². The average Bonchev–Trinajstić information content (AvgIpc) is 2.68. The summed E-state index contributed by atoms with van der Waals surface area (Å²) in [6.07, 6.45) is 17.2. The maximum Gasteiger partial charge on any atom is 0.0908 e. The molecule has 2 fully saturated rings. The first-order chi connectivity index (χ1) is 12.3. The van der Waals surface area contributed by atoms with Crippen LogP contribution >= 0.6 is 0 Å². The molecule has 2 aliphatic rings. The Morgan fingerprint density at radius 3 is 2.08 bits per heavy atom. The Hall–Kier alpha value is -1.55. The van der Waals surface area contributed by atoms with Gasteiger partial charge in [0, 0.05) is 6.08 Å². The van der Waals surface area contributed by atoms with E-state index < -0.39 is 0 Å². The van der Waals surface area contributed by atoms with Gasteiger partial charge in [0.05, 0.1) is 6.07 Å². The fourth-order valence-electron chi connectivity index (χ4n) is 5.16. The zero-order chi connectivity index (χ0) is 17.5. The number of allylic oxidation sites excluding steroid dienone is 2. The van der Waals surface area contributed by atoms with Crippen LogP contribution in [0.2, 0.25) is 0 Å². The van der Waals surface area contributed by atoms with E-state index in [2.05, 4.69) is 43.3 Å². The highest BCUT2D eigenvalue weighted by molar-refractivity contribution is 5.26. The van der Waals surface area contributed by atoms with Crippen molar-refractivity contribution < 1.29 is 0 Å². The first-order valence-electron chi connectivity index (χ1n) is 10.4. The summed E-state index contributed by atoms with van der Waals surface area (Å²) in [5.74, 6) is 3.35. The molecule has 0 spiro atoms. The fraction of sp³-hybridized carbons (Fsp3) is 0.625. The molecule has 1 heteroatoms. The third-order valence-corrected chi connectivity index (χ3v) is 6.69. The molecule has 0 aliphatic heterocycles. The third kappa shape index (κ3) is 4.97. The van der Waals surface area contributed by atoms with Gasteiger partial charge in [0.25, 0.3) is 0 Å². The Morgan fingerprint density at radius 2 is 1.52 bits per heavy atom. The molecule has 0 N–H and O–H groups in total. The van der Waals surface area contributed by atoms with Gasteiger partial charge in [-0.15, -0.1) is 0 Å². The molecular weight excluding hydrogens is 302 g/mol. The lowest BCUT2D eigenvalue weighted by atomic mass is 9.68. The summed E-state index contributed by atoms with van der Waals surface area (Å²) in [5.41, 5.74) is 3.06. The maximum atomic E-state index is 8.68. The van der Waals surface area contributed by atoms with Crippen LogP contribution < -0.4 is 0 Å². The summed E-state index contributed by atoms with van der Waals surface area (Å²) >= 11 is 0. The van der Waals surface area contributed by atoms with Gasteiger partial charge in [-0.3, -0.25) is 0 Å². The Labute approximate surface area is 154 Å². The number of hydrogen-bond donors (Lipinski definition) is 0. The van der Waals surface area contributed by atoms with Crippen LogP contribution in [0.25, 0.3) is 0 Å². The highest BCUT2D eigenvalue weighted by atomic mass is 14.4. The van der Waals surface area contributed by atoms with E-state index in [9.17, 15) is 0 Å². The molecule has 0 bridgehead atoms. The average molecular weight is 336 g/mol. The van der Waals surface area contributed by atoms with Crippen molar-refractivity contribution >= 4 is 0 Å². The van der Waals surface area contributed by atoms with Crippen molar-refractivity contribution in [3.8, 4) is 6.07 Å². The lowest BCUT2D eigenvalue weighted by Crippen LogP contribution is -2.25. The van der Waals surface area contributed by atoms with Gasteiger partial charge in [0.1, 0.15) is 0 Å². The molecule has 0 heterocycles. The van der Waals surface area contributed by atoms with Crippen LogP contribution in [0.3, 0.4) is 0 Å². The molecule has 134 valence electrons. The zero-order valence-corrected chi connectivity index (χ0v) is 15.8. The SMILES string of the molecule is CCCc1ccc(C2CCC(C3CCC(C=CC#N)CC3)CC2)cc1. The van der Waals surface area contributed by atoms with Crippen LogP contribution in [0.15, 0.2) is 36.4 Å². The normalized spacial score (nSPS) is 30.2. The minimum atomic E-state index is 0.661. The largest absolute Gasteiger partial charge is 0.193 e. The predicted molar refractivity (Wildman–Crippen MR) is 105 cm³/mol. The molecule has 0 amide bonds. The van der Waals surface area contributed by atoms with Crippen LogP contribution in [-0.4, -0.2) is 0 Å². The number of nitriles is 1. The van der Waals surface area contributed by atoms with E-state index >= 15 is 0 Å². The monoisotopic (exact) mass is 335 g/mol. The van der Waals surface area contributed by atoms with Gasteiger partial charge in [-0.2, -0.15) is 5.26 Å². The Morgan fingerprint density at radius 1 is 0.920 bits per heavy atom. The van der Waals surface area contributed by atoms with Crippen molar-refractivity contribution in [3.63, 3.8) is 0 Å². The van der Waals surface area contributed by atoms with Crippen LogP contribution in [0.4, 0.5) is 0 Å². The minimum absolute atomic E-state index is 0.661. The molecule has 25 heavy (non-hydrogen) atoms. The predicted octanol–water partition coefficient (Wildman–Crippen LogP) is 6.80. The first-order valence-corrected chi connectivity index (χ1v) is 10.4. The molecule has 0 aromatic heterocycles. The number of rotatable bonds is 5. The summed E-state index contributed by atoms with van der Waals surface area (Å²) < 4.78 is 0. The standard InChI is InChI=1S/C24H33N/c1-2-4-19-6-10-21(11-7-19)23-14-16-24(17-15-23)22-12-8-20(9-13-22)5-3-18-25/h3,5-7,10-11,20,22-24H,2,4,8-9,12-17H2,1H3. The minimum Gasteiger partial charge on any atom is -0.193 e. The van der Waals surface area contributed by atoms with Gasteiger partial charge >= 0.3 is 0 Å². The number of hydrogen-bond acceptors (Lipinski definition) is 1. The molecule has 1 nitrogen and oxygen atoms in total. The van der Waals surface area contributed by atoms with Crippen molar-refractivity contribution in [3.05, 3.63) is 47.5 Å². The van der Waals surface area contributed by atoms with Gasteiger partial charge in [0.15, 0.2) is 0 Å². The summed E-state index contributed by atoms with van der Waals surface area (Å²) in [7, 11) is 0. The van der Waals surface area contributed by atoms with E-state index in [-0.39, 0.29) is 0 Å². The van der Waals surface area contributed by atoms with E-state index in [1.54, 1.807) is 11.6 Å². The second kappa shape index (κ2) is 9.23. The quantitative estimate of drug-likeness (QED) is 0.543. The highest BCUT2D eigenvalue weighted by Crippen LogP contribution is 2.44. The van der Waals surface area contributed by atoms with Gasteiger partial charge in [0.2, 0.25) is 0 Å². The molecule has 2 aliphatic carbocycles. The molecule has 0 unspecified atom stereocenters. The fourth-order valence-corrected chi connectivity index (χ4v) is 5.16. The summed E-state index contributed by atoms with van der Waals surface area (Å²) in [6, 6.07) is 11.6. The molecule has 1 aromatic rings.